The van der Waals surface area contributed by atoms with Crippen LogP contribution in [0.5, 0.6) is 0 Å². The highest BCUT2D eigenvalue weighted by atomic mass is 35.5. The van der Waals surface area contributed by atoms with E-state index in [1.165, 1.54) is 0 Å². The number of carbonyl (C=O) groups excluding carboxylic acids is 1. The molecule has 0 saturated heterocycles. The van der Waals surface area contributed by atoms with E-state index in [9.17, 15) is 4.79 Å². The molecule has 2 unspecified atom stereocenters. The van der Waals surface area contributed by atoms with E-state index in [4.69, 9.17) is 23.2 Å². The van der Waals surface area contributed by atoms with Gasteiger partial charge < -0.3 is 5.32 Å². The predicted octanol–water partition coefficient (Wildman–Crippen LogP) is 3.48. The molecule has 92 valence electrons. The minimum Gasteiger partial charge on any atom is -0.352 e. The molecule has 1 amide bonds. The summed E-state index contributed by atoms with van der Waals surface area (Å²) in [6.07, 6.45) is 3.17. The van der Waals surface area contributed by atoms with Gasteiger partial charge in [0.2, 0.25) is 0 Å². The Morgan fingerprint density at radius 1 is 1.29 bits per heavy atom. The van der Waals surface area contributed by atoms with Crippen molar-refractivity contribution in [1.29, 1.82) is 0 Å². The van der Waals surface area contributed by atoms with Crippen LogP contribution in [0.4, 0.5) is 0 Å². The van der Waals surface area contributed by atoms with Crippen LogP contribution in [-0.4, -0.2) is 17.8 Å². The smallest absolute Gasteiger partial charge is 0.251 e. The number of alkyl halides is 1. The topological polar surface area (TPSA) is 29.1 Å². The van der Waals surface area contributed by atoms with Gasteiger partial charge >= 0.3 is 0 Å². The first-order chi connectivity index (χ1) is 8.15. The zero-order valence-electron chi connectivity index (χ0n) is 9.46. The van der Waals surface area contributed by atoms with E-state index in [0.29, 0.717) is 23.0 Å². The molecule has 1 aliphatic carbocycles. The van der Waals surface area contributed by atoms with Crippen molar-refractivity contribution in [2.24, 2.45) is 5.92 Å². The molecule has 0 aliphatic heterocycles. The predicted molar refractivity (Wildman–Crippen MR) is 70.8 cm³/mol. The van der Waals surface area contributed by atoms with E-state index in [2.05, 4.69) is 5.32 Å². The first-order valence-electron chi connectivity index (χ1n) is 5.83. The van der Waals surface area contributed by atoms with Crippen LogP contribution in [-0.2, 0) is 0 Å². The van der Waals surface area contributed by atoms with Crippen molar-refractivity contribution in [3.05, 3.63) is 34.9 Å². The molecule has 4 heteroatoms. The van der Waals surface area contributed by atoms with Gasteiger partial charge in [-0.25, -0.2) is 0 Å². The molecular weight excluding hydrogens is 257 g/mol. The van der Waals surface area contributed by atoms with Crippen LogP contribution in [0.1, 0.15) is 29.6 Å². The molecule has 0 spiro atoms. The number of amides is 1. The largest absolute Gasteiger partial charge is 0.352 e. The average molecular weight is 272 g/mol. The number of nitrogens with one attached hydrogen (secondary N) is 1. The second kappa shape index (κ2) is 5.74. The summed E-state index contributed by atoms with van der Waals surface area (Å²) in [6.45, 7) is 0.713. The summed E-state index contributed by atoms with van der Waals surface area (Å²) in [6, 6.07) is 6.91. The molecule has 2 atom stereocenters. The quantitative estimate of drug-likeness (QED) is 0.838. The van der Waals surface area contributed by atoms with Crippen molar-refractivity contribution in [2.75, 3.05) is 6.54 Å². The Kier molecular flexibility index (Phi) is 4.30. The van der Waals surface area contributed by atoms with E-state index >= 15 is 0 Å². The van der Waals surface area contributed by atoms with Crippen molar-refractivity contribution in [3.8, 4) is 0 Å². The summed E-state index contributed by atoms with van der Waals surface area (Å²) in [5, 5.41) is 3.87. The normalized spacial score (nSPS) is 23.6. The molecule has 0 aromatic heterocycles. The van der Waals surface area contributed by atoms with E-state index in [1.807, 2.05) is 0 Å². The Bertz CT molecular complexity index is 391. The van der Waals surface area contributed by atoms with Gasteiger partial charge in [-0.05, 0) is 49.4 Å². The van der Waals surface area contributed by atoms with Crippen molar-refractivity contribution in [2.45, 2.75) is 24.6 Å². The van der Waals surface area contributed by atoms with Crippen LogP contribution < -0.4 is 5.32 Å². The maximum atomic E-state index is 11.8. The zero-order chi connectivity index (χ0) is 12.3. The summed E-state index contributed by atoms with van der Waals surface area (Å²) < 4.78 is 0. The standard InChI is InChI=1S/C13H15Cl2NO/c14-11-5-2-10(3-6-11)13(17)16-8-9-1-4-12(15)7-9/h2-3,5-6,9,12H,1,4,7-8H2,(H,16,17). The third-order valence-electron chi connectivity index (χ3n) is 3.13. The summed E-state index contributed by atoms with van der Waals surface area (Å²) in [5.41, 5.74) is 0.648. The fraction of sp³-hybridized carbons (Fsp3) is 0.462. The molecule has 1 aliphatic rings. The molecule has 0 bridgehead atoms. The van der Waals surface area contributed by atoms with Gasteiger partial charge in [0.15, 0.2) is 0 Å². The summed E-state index contributed by atoms with van der Waals surface area (Å²) in [7, 11) is 0. The maximum Gasteiger partial charge on any atom is 0.251 e. The van der Waals surface area contributed by atoms with E-state index in [-0.39, 0.29) is 11.3 Å². The Balaban J connectivity index is 1.83. The second-order valence-corrected chi connectivity index (χ2v) is 5.55. The van der Waals surface area contributed by atoms with Crippen molar-refractivity contribution < 1.29 is 4.79 Å². The van der Waals surface area contributed by atoms with E-state index in [1.54, 1.807) is 24.3 Å². The molecule has 1 aromatic carbocycles. The lowest BCUT2D eigenvalue weighted by Gasteiger charge is -2.10. The molecule has 0 heterocycles. The number of rotatable bonds is 3. The minimum absolute atomic E-state index is 0.0420. The fourth-order valence-electron chi connectivity index (χ4n) is 2.14. The van der Waals surface area contributed by atoms with Crippen molar-refractivity contribution in [3.63, 3.8) is 0 Å². The fourth-order valence-corrected chi connectivity index (χ4v) is 2.64. The molecule has 2 nitrogen and oxygen atoms in total. The van der Waals surface area contributed by atoms with E-state index in [0.717, 1.165) is 19.3 Å². The third kappa shape index (κ3) is 3.62. The maximum absolute atomic E-state index is 11.8. The van der Waals surface area contributed by atoms with Crippen molar-refractivity contribution >= 4 is 29.1 Å². The Hall–Kier alpha value is -0.730. The first kappa shape index (κ1) is 12.7. The molecule has 2 rings (SSSR count). The number of halogens is 2. The molecule has 1 N–H and O–H groups in total. The van der Waals surface area contributed by atoms with Gasteiger partial charge in [0.05, 0.1) is 0 Å². The highest BCUT2D eigenvalue weighted by Gasteiger charge is 2.23. The molecule has 1 aromatic rings. The highest BCUT2D eigenvalue weighted by molar-refractivity contribution is 6.30. The van der Waals surface area contributed by atoms with Crippen LogP contribution >= 0.6 is 23.2 Å². The van der Waals surface area contributed by atoms with Crippen LogP contribution in [0.25, 0.3) is 0 Å². The van der Waals surface area contributed by atoms with Gasteiger partial charge in [0, 0.05) is 22.5 Å². The van der Waals surface area contributed by atoms with Crippen LogP contribution in [0, 0.1) is 5.92 Å². The Labute approximate surface area is 111 Å². The summed E-state index contributed by atoms with van der Waals surface area (Å²) >= 11 is 11.8. The zero-order valence-corrected chi connectivity index (χ0v) is 11.0. The lowest BCUT2D eigenvalue weighted by molar-refractivity contribution is 0.0947. The summed E-state index contributed by atoms with van der Waals surface area (Å²) in [5.74, 6) is 0.480. The second-order valence-electron chi connectivity index (χ2n) is 4.49. The monoisotopic (exact) mass is 271 g/mol. The van der Waals surface area contributed by atoms with Gasteiger partial charge in [-0.15, -0.1) is 11.6 Å². The SMILES string of the molecule is O=C(NCC1CCC(Cl)C1)c1ccc(Cl)cc1. The number of benzene rings is 1. The minimum atomic E-state index is -0.0420. The van der Waals surface area contributed by atoms with Crippen LogP contribution in [0.2, 0.25) is 5.02 Å². The first-order valence-corrected chi connectivity index (χ1v) is 6.64. The molecule has 1 fully saturated rings. The van der Waals surface area contributed by atoms with Gasteiger partial charge in [0.1, 0.15) is 0 Å². The summed E-state index contributed by atoms with van der Waals surface area (Å²) in [4.78, 5) is 11.8. The molecule has 0 radical (unpaired) electrons. The average Bonchev–Trinajstić information content (AvgIpc) is 2.73. The van der Waals surface area contributed by atoms with Gasteiger partial charge in [-0.3, -0.25) is 4.79 Å². The number of carbonyl (C=O) groups is 1. The van der Waals surface area contributed by atoms with Gasteiger partial charge in [-0.1, -0.05) is 11.6 Å². The molecule has 1 saturated carbocycles. The highest BCUT2D eigenvalue weighted by Crippen LogP contribution is 2.28. The lowest BCUT2D eigenvalue weighted by Crippen LogP contribution is -2.28. The Morgan fingerprint density at radius 2 is 2.00 bits per heavy atom. The third-order valence-corrected chi connectivity index (χ3v) is 3.78. The van der Waals surface area contributed by atoms with Gasteiger partial charge in [0.25, 0.3) is 5.91 Å². The number of hydrogen-bond donors (Lipinski definition) is 1. The molecular formula is C13H15Cl2NO. The van der Waals surface area contributed by atoms with Gasteiger partial charge in [-0.2, -0.15) is 0 Å². The molecule has 17 heavy (non-hydrogen) atoms. The van der Waals surface area contributed by atoms with Crippen LogP contribution in [0.3, 0.4) is 0 Å². The van der Waals surface area contributed by atoms with Crippen LogP contribution in [0.15, 0.2) is 24.3 Å². The van der Waals surface area contributed by atoms with Crippen molar-refractivity contribution in [1.82, 2.24) is 5.32 Å². The Morgan fingerprint density at radius 3 is 2.59 bits per heavy atom. The van der Waals surface area contributed by atoms with E-state index < -0.39 is 0 Å². The number of hydrogen-bond acceptors (Lipinski definition) is 1. The lowest BCUT2D eigenvalue weighted by atomic mass is 10.1.